The molecule has 0 saturated carbocycles. The fourth-order valence-corrected chi connectivity index (χ4v) is 12.6. The summed E-state index contributed by atoms with van der Waals surface area (Å²) >= 11 is 0. The molecule has 0 aromatic carbocycles. The number of rotatable bonds is 58. The highest BCUT2D eigenvalue weighted by Crippen LogP contribution is 2.33. The van der Waals surface area contributed by atoms with Crippen LogP contribution in [0.4, 0.5) is 0 Å². The van der Waals surface area contributed by atoms with Crippen molar-refractivity contribution in [2.45, 2.75) is 388 Å². The molecule has 0 aromatic heterocycles. The average Bonchev–Trinajstić information content (AvgIpc) is 0.900. The summed E-state index contributed by atoms with van der Waals surface area (Å²) < 4.78 is 34.4. The highest BCUT2D eigenvalue weighted by Gasteiger charge is 2.53. The molecule has 0 spiro atoms. The number of aliphatic hydroxyl groups excluding tert-OH is 11. The lowest BCUT2D eigenvalue weighted by Gasteiger charge is -2.48. The molecule has 12 N–H and O–H groups in total. The van der Waals surface area contributed by atoms with Crippen LogP contribution in [0.5, 0.6) is 0 Å². The zero-order valence-electron chi connectivity index (χ0n) is 57.7. The molecule has 3 fully saturated rings. The lowest BCUT2D eigenvalue weighted by molar-refractivity contribution is -0.379. The van der Waals surface area contributed by atoms with Gasteiger partial charge in [0.2, 0.25) is 5.91 Å². The van der Waals surface area contributed by atoms with Crippen LogP contribution >= 0.6 is 0 Å². The number of ether oxygens (including phenoxy) is 6. The average molecular weight is 1330 g/mol. The Kier molecular flexibility index (Phi) is 50.8. The molecule has 1 amide bonds. The van der Waals surface area contributed by atoms with Crippen LogP contribution in [0.25, 0.3) is 0 Å². The maximum atomic E-state index is 13.4. The molecule has 19 nitrogen and oxygen atoms in total. The highest BCUT2D eigenvalue weighted by molar-refractivity contribution is 5.76. The van der Waals surface area contributed by atoms with Gasteiger partial charge in [0.25, 0.3) is 0 Å². The monoisotopic (exact) mass is 1330 g/mol. The van der Waals surface area contributed by atoms with E-state index in [1.807, 2.05) is 6.08 Å². The summed E-state index contributed by atoms with van der Waals surface area (Å²) in [5.41, 5.74) is 0. The SMILES string of the molecule is CCCCCCC/C=C\C/C=C\C/C=C\CCCCCCCCCCCCCCCCCCC(=O)NC(COC1OC(CO)C(OC2OC(CO)C(OC3OC(CO)C(O)C(O)C3O)C(O)C2O)C(O)C1O)C(O)/C=C/CCCCCCCCCCCCCCCCC. The van der Waals surface area contributed by atoms with Crippen molar-refractivity contribution in [1.82, 2.24) is 5.32 Å². The molecule has 3 rings (SSSR count). The molecule has 93 heavy (non-hydrogen) atoms. The van der Waals surface area contributed by atoms with E-state index in [-0.39, 0.29) is 18.9 Å². The maximum Gasteiger partial charge on any atom is 0.220 e. The number of carbonyl (C=O) groups excluding carboxylic acids is 1. The zero-order valence-corrected chi connectivity index (χ0v) is 57.7. The first-order valence-corrected chi connectivity index (χ1v) is 37.4. The van der Waals surface area contributed by atoms with Crippen molar-refractivity contribution >= 4 is 5.91 Å². The van der Waals surface area contributed by atoms with Gasteiger partial charge in [-0.15, -0.1) is 0 Å². The lowest BCUT2D eigenvalue weighted by atomic mass is 9.96. The van der Waals surface area contributed by atoms with E-state index < -0.39 is 124 Å². The van der Waals surface area contributed by atoms with Crippen molar-refractivity contribution in [3.05, 3.63) is 48.6 Å². The van der Waals surface area contributed by atoms with Gasteiger partial charge >= 0.3 is 0 Å². The normalized spacial score (nSPS) is 27.8. The molecule has 3 heterocycles. The van der Waals surface area contributed by atoms with Crippen LogP contribution in [0, 0.1) is 0 Å². The Morgan fingerprint density at radius 2 is 0.710 bits per heavy atom. The molecule has 0 radical (unpaired) electrons. The van der Waals surface area contributed by atoms with Crippen LogP contribution in [0.3, 0.4) is 0 Å². The topological polar surface area (TPSA) is 307 Å². The zero-order chi connectivity index (χ0) is 67.5. The van der Waals surface area contributed by atoms with E-state index in [2.05, 4.69) is 55.6 Å². The van der Waals surface area contributed by atoms with Crippen LogP contribution in [-0.2, 0) is 33.2 Å². The van der Waals surface area contributed by atoms with Crippen molar-refractivity contribution in [2.75, 3.05) is 26.4 Å². The predicted molar refractivity (Wildman–Crippen MR) is 365 cm³/mol. The summed E-state index contributed by atoms with van der Waals surface area (Å²) in [5, 5.41) is 121. The Morgan fingerprint density at radius 3 is 1.11 bits per heavy atom. The first kappa shape index (κ1) is 85.0. The smallest absolute Gasteiger partial charge is 0.220 e. The van der Waals surface area contributed by atoms with Gasteiger partial charge in [0, 0.05) is 6.42 Å². The summed E-state index contributed by atoms with van der Waals surface area (Å²) in [7, 11) is 0. The molecule has 17 unspecified atom stereocenters. The number of hydrogen-bond donors (Lipinski definition) is 12. The van der Waals surface area contributed by atoms with E-state index in [0.29, 0.717) is 6.42 Å². The number of amides is 1. The summed E-state index contributed by atoms with van der Waals surface area (Å²) in [6.07, 6.45) is 40.9. The minimum Gasteiger partial charge on any atom is -0.394 e. The fraction of sp³-hybridized carbons (Fsp3) is 0.878. The van der Waals surface area contributed by atoms with Crippen LogP contribution < -0.4 is 5.32 Å². The summed E-state index contributed by atoms with van der Waals surface area (Å²) in [6, 6.07) is -0.974. The molecule has 0 bridgehead atoms. The van der Waals surface area contributed by atoms with Gasteiger partial charge in [-0.25, -0.2) is 0 Å². The number of carbonyl (C=O) groups is 1. The Morgan fingerprint density at radius 1 is 0.387 bits per heavy atom. The van der Waals surface area contributed by atoms with E-state index in [1.54, 1.807) is 6.08 Å². The fourth-order valence-electron chi connectivity index (χ4n) is 12.6. The molecule has 3 aliphatic heterocycles. The summed E-state index contributed by atoms with van der Waals surface area (Å²) in [6.45, 7) is 1.75. The summed E-state index contributed by atoms with van der Waals surface area (Å²) in [5.74, 6) is -0.273. The van der Waals surface area contributed by atoms with Crippen molar-refractivity contribution < 1.29 is 89.4 Å². The molecule has 0 aliphatic carbocycles. The number of allylic oxidation sites excluding steroid dienone is 7. The van der Waals surface area contributed by atoms with Gasteiger partial charge in [-0.1, -0.05) is 268 Å². The molecule has 17 atom stereocenters. The molecule has 19 heteroatoms. The first-order valence-electron chi connectivity index (χ1n) is 37.4. The molecular formula is C74H135NO18. The Hall–Kier alpha value is -2.25. The number of aliphatic hydroxyl groups is 11. The Balaban J connectivity index is 1.38. The van der Waals surface area contributed by atoms with Crippen LogP contribution in [0.2, 0.25) is 0 Å². The van der Waals surface area contributed by atoms with Crippen molar-refractivity contribution in [2.24, 2.45) is 0 Å². The third-order valence-corrected chi connectivity index (χ3v) is 18.6. The number of unbranched alkanes of at least 4 members (excludes halogenated alkanes) is 36. The predicted octanol–water partition coefficient (Wildman–Crippen LogP) is 10.9. The maximum absolute atomic E-state index is 13.4. The third-order valence-electron chi connectivity index (χ3n) is 18.6. The lowest BCUT2D eigenvalue weighted by Crippen LogP contribution is -2.66. The largest absolute Gasteiger partial charge is 0.394 e. The minimum atomic E-state index is -1.98. The molecule has 0 aromatic rings. The highest BCUT2D eigenvalue weighted by atomic mass is 16.8. The van der Waals surface area contributed by atoms with Gasteiger partial charge in [0.1, 0.15) is 73.2 Å². The van der Waals surface area contributed by atoms with Crippen molar-refractivity contribution in [3.63, 3.8) is 0 Å². The third kappa shape index (κ3) is 37.0. The first-order chi connectivity index (χ1) is 45.3. The van der Waals surface area contributed by atoms with Gasteiger partial charge in [-0.3, -0.25) is 4.79 Å². The van der Waals surface area contributed by atoms with Gasteiger partial charge in [0.05, 0.1) is 38.6 Å². The van der Waals surface area contributed by atoms with Gasteiger partial charge < -0.3 is 89.9 Å². The van der Waals surface area contributed by atoms with E-state index in [4.69, 9.17) is 28.4 Å². The molecule has 544 valence electrons. The number of hydrogen-bond acceptors (Lipinski definition) is 18. The van der Waals surface area contributed by atoms with E-state index in [0.717, 1.165) is 57.8 Å². The van der Waals surface area contributed by atoms with Crippen LogP contribution in [0.15, 0.2) is 48.6 Å². The summed E-state index contributed by atoms with van der Waals surface area (Å²) in [4.78, 5) is 13.4. The van der Waals surface area contributed by atoms with Crippen molar-refractivity contribution in [1.29, 1.82) is 0 Å². The minimum absolute atomic E-state index is 0.244. The van der Waals surface area contributed by atoms with Gasteiger partial charge in [-0.2, -0.15) is 0 Å². The van der Waals surface area contributed by atoms with E-state index in [9.17, 15) is 61.0 Å². The Bertz CT molecular complexity index is 1870. The Labute approximate surface area is 561 Å². The van der Waals surface area contributed by atoms with E-state index >= 15 is 0 Å². The standard InChI is InChI=1S/C74H135NO18/c1-3-5-7-9-11-13-15-17-19-21-22-23-24-25-26-27-28-29-30-31-32-33-34-36-38-40-42-44-46-48-50-52-62(80)75-57(58(79)51-49-47-45-43-41-39-37-35-20-18-16-14-12-10-8-6-4-2)56-88-72-68(86)65(83)70(60(54-77)90-72)93-74-69(87)66(84)71(61(55-78)91-74)92-73-67(85)64(82)63(81)59(53-76)89-73/h15,17,21-22,24-25,49,51,57-61,63-74,76-79,81-87H,3-14,16,18-20,23,26-48,50,52-56H2,1-2H3,(H,75,80)/b17-15-,22-21-,25-24-,51-49+. The van der Waals surface area contributed by atoms with Crippen molar-refractivity contribution in [3.8, 4) is 0 Å². The van der Waals surface area contributed by atoms with Gasteiger partial charge in [0.15, 0.2) is 18.9 Å². The van der Waals surface area contributed by atoms with Gasteiger partial charge in [-0.05, 0) is 57.8 Å². The second kappa shape index (κ2) is 55.6. The van der Waals surface area contributed by atoms with Crippen LogP contribution in [0.1, 0.15) is 284 Å². The molecular weight excluding hydrogens is 1190 g/mol. The van der Waals surface area contributed by atoms with E-state index in [1.165, 1.54) is 199 Å². The number of nitrogens with one attached hydrogen (secondary N) is 1. The quantitative estimate of drug-likeness (QED) is 0.0199. The second-order valence-electron chi connectivity index (χ2n) is 26.8. The molecule has 3 aliphatic rings. The second-order valence-corrected chi connectivity index (χ2v) is 26.8. The molecule has 3 saturated heterocycles. The van der Waals surface area contributed by atoms with Crippen LogP contribution in [-0.4, -0.2) is 193 Å².